The lowest BCUT2D eigenvalue weighted by Crippen LogP contribution is -2.12. The van der Waals surface area contributed by atoms with E-state index in [9.17, 15) is 17.6 Å². The molecule has 0 aliphatic heterocycles. The molecule has 31 heavy (non-hydrogen) atoms. The van der Waals surface area contributed by atoms with Crippen LogP contribution in [0.1, 0.15) is 12.0 Å². The van der Waals surface area contributed by atoms with E-state index in [1.807, 2.05) is 0 Å². The van der Waals surface area contributed by atoms with E-state index in [1.165, 1.54) is 30.5 Å². The number of aryl methyl sites for hydroxylation is 1. The molecule has 0 radical (unpaired) electrons. The second kappa shape index (κ2) is 8.17. The van der Waals surface area contributed by atoms with Gasteiger partial charge >= 0.3 is 5.97 Å². The largest absolute Gasteiger partial charge is 0.481 e. The van der Waals surface area contributed by atoms with Crippen LogP contribution in [0, 0.1) is 5.82 Å². The minimum Gasteiger partial charge on any atom is -0.481 e. The SMILES string of the molecule is O=C(O)CCc1cn(S(=O)(=O)c2cccc(-c3cccc(F)c3)c2)c2ccc(Cl)cc12. The highest BCUT2D eigenvalue weighted by molar-refractivity contribution is 7.90. The molecule has 4 rings (SSSR count). The molecular formula is C23H17ClFNO4S. The summed E-state index contributed by atoms with van der Waals surface area (Å²) in [5, 5.41) is 10.0. The first-order chi connectivity index (χ1) is 14.8. The number of carbonyl (C=O) groups is 1. The lowest BCUT2D eigenvalue weighted by Gasteiger charge is -2.10. The minimum atomic E-state index is -4.00. The molecular weight excluding hydrogens is 441 g/mol. The van der Waals surface area contributed by atoms with E-state index < -0.39 is 21.8 Å². The van der Waals surface area contributed by atoms with E-state index in [2.05, 4.69) is 0 Å². The second-order valence-corrected chi connectivity index (χ2v) is 9.30. The van der Waals surface area contributed by atoms with Crippen molar-refractivity contribution in [2.45, 2.75) is 17.7 Å². The van der Waals surface area contributed by atoms with Crippen molar-refractivity contribution in [1.82, 2.24) is 3.97 Å². The fourth-order valence-corrected chi connectivity index (χ4v) is 5.11. The smallest absolute Gasteiger partial charge is 0.303 e. The van der Waals surface area contributed by atoms with E-state index in [4.69, 9.17) is 16.7 Å². The summed E-state index contributed by atoms with van der Waals surface area (Å²) >= 11 is 6.09. The average molecular weight is 458 g/mol. The zero-order valence-electron chi connectivity index (χ0n) is 16.1. The summed E-state index contributed by atoms with van der Waals surface area (Å²) in [6, 6.07) is 17.0. The predicted octanol–water partition coefficient (Wildman–Crippen LogP) is 5.36. The van der Waals surface area contributed by atoms with Crippen LogP contribution in [0.5, 0.6) is 0 Å². The number of fused-ring (bicyclic) bond motifs is 1. The van der Waals surface area contributed by atoms with Gasteiger partial charge in [-0.15, -0.1) is 0 Å². The van der Waals surface area contributed by atoms with Gasteiger partial charge < -0.3 is 5.11 Å². The molecule has 0 bridgehead atoms. The van der Waals surface area contributed by atoms with Gasteiger partial charge in [-0.3, -0.25) is 4.79 Å². The average Bonchev–Trinajstić information content (AvgIpc) is 3.11. The number of benzene rings is 3. The van der Waals surface area contributed by atoms with E-state index in [1.54, 1.807) is 42.5 Å². The topological polar surface area (TPSA) is 76.4 Å². The molecule has 0 saturated heterocycles. The number of carboxylic acid groups (broad SMARTS) is 1. The van der Waals surface area contributed by atoms with Gasteiger partial charge in [-0.25, -0.2) is 16.8 Å². The van der Waals surface area contributed by atoms with Crippen LogP contribution in [-0.2, 0) is 21.2 Å². The van der Waals surface area contributed by atoms with Gasteiger partial charge in [0.15, 0.2) is 0 Å². The van der Waals surface area contributed by atoms with Crippen molar-refractivity contribution in [3.05, 3.63) is 89.3 Å². The number of nitrogens with zero attached hydrogens (tertiary/aromatic N) is 1. The third kappa shape index (κ3) is 4.19. The molecule has 1 N–H and O–H groups in total. The van der Waals surface area contributed by atoms with Gasteiger partial charge in [-0.05, 0) is 65.6 Å². The molecule has 1 heterocycles. The number of aliphatic carboxylic acids is 1. The summed E-state index contributed by atoms with van der Waals surface area (Å²) in [7, 11) is -4.00. The Morgan fingerprint density at radius 3 is 2.42 bits per heavy atom. The van der Waals surface area contributed by atoms with Crippen LogP contribution in [0.25, 0.3) is 22.0 Å². The Labute approximate surface area is 183 Å². The van der Waals surface area contributed by atoms with Gasteiger partial charge in [-0.1, -0.05) is 35.9 Å². The quantitative estimate of drug-likeness (QED) is 0.423. The predicted molar refractivity (Wildman–Crippen MR) is 117 cm³/mol. The fraction of sp³-hybridized carbons (Fsp3) is 0.0870. The second-order valence-electron chi connectivity index (χ2n) is 7.05. The van der Waals surface area contributed by atoms with Crippen molar-refractivity contribution in [2.24, 2.45) is 0 Å². The summed E-state index contributed by atoms with van der Waals surface area (Å²) in [4.78, 5) is 11.1. The summed E-state index contributed by atoms with van der Waals surface area (Å²) < 4.78 is 41.7. The number of halogens is 2. The maximum absolute atomic E-state index is 13.6. The number of carboxylic acids is 1. The minimum absolute atomic E-state index is 0.0332. The maximum Gasteiger partial charge on any atom is 0.303 e. The summed E-state index contributed by atoms with van der Waals surface area (Å²) in [5.74, 6) is -1.39. The Morgan fingerprint density at radius 1 is 1.00 bits per heavy atom. The van der Waals surface area contributed by atoms with Crippen LogP contribution in [-0.4, -0.2) is 23.5 Å². The van der Waals surface area contributed by atoms with Crippen molar-refractivity contribution in [2.75, 3.05) is 0 Å². The maximum atomic E-state index is 13.6. The van der Waals surface area contributed by atoms with Crippen molar-refractivity contribution >= 4 is 38.5 Å². The van der Waals surface area contributed by atoms with E-state index in [0.29, 0.717) is 32.6 Å². The monoisotopic (exact) mass is 457 g/mol. The van der Waals surface area contributed by atoms with Gasteiger partial charge in [0, 0.05) is 23.0 Å². The number of hydrogen-bond donors (Lipinski definition) is 1. The lowest BCUT2D eigenvalue weighted by atomic mass is 10.1. The summed E-state index contributed by atoms with van der Waals surface area (Å²) in [6.07, 6.45) is 1.47. The van der Waals surface area contributed by atoms with Crippen molar-refractivity contribution in [3.63, 3.8) is 0 Å². The normalized spacial score (nSPS) is 11.7. The van der Waals surface area contributed by atoms with E-state index in [-0.39, 0.29) is 17.7 Å². The lowest BCUT2D eigenvalue weighted by molar-refractivity contribution is -0.136. The molecule has 0 spiro atoms. The molecule has 0 saturated carbocycles. The zero-order valence-corrected chi connectivity index (χ0v) is 17.7. The van der Waals surface area contributed by atoms with Crippen LogP contribution < -0.4 is 0 Å². The van der Waals surface area contributed by atoms with Crippen molar-refractivity contribution in [3.8, 4) is 11.1 Å². The van der Waals surface area contributed by atoms with Gasteiger partial charge in [0.25, 0.3) is 10.0 Å². The van der Waals surface area contributed by atoms with Gasteiger partial charge in [0.2, 0.25) is 0 Å². The number of hydrogen-bond acceptors (Lipinski definition) is 3. The van der Waals surface area contributed by atoms with E-state index >= 15 is 0 Å². The number of rotatable bonds is 6. The van der Waals surface area contributed by atoms with E-state index in [0.717, 1.165) is 3.97 Å². The Balaban J connectivity index is 1.84. The molecule has 5 nitrogen and oxygen atoms in total. The molecule has 0 unspecified atom stereocenters. The van der Waals surface area contributed by atoms with Crippen LogP contribution in [0.3, 0.4) is 0 Å². The first kappa shape index (κ1) is 21.1. The van der Waals surface area contributed by atoms with Gasteiger partial charge in [-0.2, -0.15) is 0 Å². The molecule has 0 fully saturated rings. The first-order valence-electron chi connectivity index (χ1n) is 9.38. The molecule has 0 aliphatic rings. The highest BCUT2D eigenvalue weighted by atomic mass is 35.5. The summed E-state index contributed by atoms with van der Waals surface area (Å²) in [6.45, 7) is 0. The van der Waals surface area contributed by atoms with Crippen LogP contribution in [0.2, 0.25) is 5.02 Å². The molecule has 0 aliphatic carbocycles. The Hall–Kier alpha value is -3.16. The third-order valence-corrected chi connectivity index (χ3v) is 6.88. The molecule has 158 valence electrons. The van der Waals surface area contributed by atoms with Gasteiger partial charge in [0.1, 0.15) is 5.82 Å². The highest BCUT2D eigenvalue weighted by Crippen LogP contribution is 2.31. The fourth-order valence-electron chi connectivity index (χ4n) is 3.50. The number of aromatic nitrogens is 1. The summed E-state index contributed by atoms with van der Waals surface area (Å²) in [5.41, 5.74) is 2.10. The molecule has 0 atom stereocenters. The molecule has 0 amide bonds. The van der Waals surface area contributed by atoms with Crippen molar-refractivity contribution in [1.29, 1.82) is 0 Å². The third-order valence-electron chi connectivity index (χ3n) is 4.97. The Kier molecular flexibility index (Phi) is 5.56. The van der Waals surface area contributed by atoms with Crippen LogP contribution in [0.4, 0.5) is 4.39 Å². The van der Waals surface area contributed by atoms with Crippen LogP contribution >= 0.6 is 11.6 Å². The Bertz CT molecular complexity index is 1410. The first-order valence-corrected chi connectivity index (χ1v) is 11.2. The molecule has 1 aromatic heterocycles. The van der Waals surface area contributed by atoms with Gasteiger partial charge in [0.05, 0.1) is 10.4 Å². The standard InChI is InChI=1S/C23H17ClFNO4S/c24-18-8-9-22-21(13-18)17(7-10-23(27)28)14-26(22)31(29,30)20-6-2-4-16(12-20)15-3-1-5-19(25)11-15/h1-6,8-9,11-14H,7,10H2,(H,27,28). The van der Waals surface area contributed by atoms with Crippen LogP contribution in [0.15, 0.2) is 77.8 Å². The Morgan fingerprint density at radius 2 is 1.71 bits per heavy atom. The zero-order chi connectivity index (χ0) is 22.2. The van der Waals surface area contributed by atoms with Crippen molar-refractivity contribution < 1.29 is 22.7 Å². The molecule has 8 heteroatoms. The molecule has 3 aromatic carbocycles. The highest BCUT2D eigenvalue weighted by Gasteiger charge is 2.22. The molecule has 4 aromatic rings.